The van der Waals surface area contributed by atoms with Gasteiger partial charge in [0.15, 0.2) is 0 Å². The molecule has 1 heterocycles. The molecule has 0 spiro atoms. The first-order valence-electron chi connectivity index (χ1n) is 6.44. The molecule has 1 aliphatic rings. The van der Waals surface area contributed by atoms with Gasteiger partial charge < -0.3 is 5.32 Å². The number of benzene rings is 1. The van der Waals surface area contributed by atoms with E-state index in [1.807, 2.05) is 30.3 Å². The molecule has 0 aliphatic carbocycles. The first kappa shape index (κ1) is 12.6. The molecule has 4 nitrogen and oxygen atoms in total. The smallest absolute Gasteiger partial charge is 0.307 e. The Labute approximate surface area is 107 Å². The van der Waals surface area contributed by atoms with Crippen molar-refractivity contribution in [1.29, 1.82) is 0 Å². The van der Waals surface area contributed by atoms with Crippen LogP contribution in [0.5, 0.6) is 0 Å². The van der Waals surface area contributed by atoms with E-state index in [0.717, 1.165) is 31.4 Å². The van der Waals surface area contributed by atoms with Crippen molar-refractivity contribution in [3.63, 3.8) is 0 Å². The topological polar surface area (TPSA) is 49.4 Å². The molecule has 1 fully saturated rings. The molecule has 1 aromatic carbocycles. The molecule has 0 bridgehead atoms. The predicted molar refractivity (Wildman–Crippen MR) is 70.3 cm³/mol. The summed E-state index contributed by atoms with van der Waals surface area (Å²) >= 11 is 0. The fourth-order valence-corrected chi connectivity index (χ4v) is 2.09. The Morgan fingerprint density at radius 3 is 2.56 bits per heavy atom. The first-order valence-corrected chi connectivity index (χ1v) is 6.44. The van der Waals surface area contributed by atoms with E-state index in [1.54, 1.807) is 0 Å². The van der Waals surface area contributed by atoms with Crippen molar-refractivity contribution in [2.45, 2.75) is 32.1 Å². The van der Waals surface area contributed by atoms with Crippen molar-refractivity contribution >= 4 is 17.6 Å². The maximum absolute atomic E-state index is 12.0. The summed E-state index contributed by atoms with van der Waals surface area (Å²) in [5, 5.41) is 2.76. The lowest BCUT2D eigenvalue weighted by molar-refractivity contribution is -0.128. The predicted octanol–water partition coefficient (Wildman–Crippen LogP) is 3.01. The molecule has 0 aromatic heterocycles. The molecule has 3 amide bonds. The van der Waals surface area contributed by atoms with Crippen molar-refractivity contribution in [2.24, 2.45) is 0 Å². The Balaban J connectivity index is 2.00. The van der Waals surface area contributed by atoms with Gasteiger partial charge in [-0.25, -0.2) is 4.79 Å². The standard InChI is InChI=1S/C14H18N2O2/c17-13-10-6-1-2-7-11-16(13)14(18)15-12-8-4-3-5-9-12/h3-5,8-9H,1-2,6-7,10-11H2,(H,15,18). The maximum atomic E-state index is 12.0. The van der Waals surface area contributed by atoms with Crippen LogP contribution in [0.2, 0.25) is 0 Å². The molecule has 18 heavy (non-hydrogen) atoms. The molecule has 1 N–H and O–H groups in total. The Bertz CT molecular complexity index is 417. The van der Waals surface area contributed by atoms with E-state index in [4.69, 9.17) is 0 Å². The number of hydrogen-bond acceptors (Lipinski definition) is 2. The van der Waals surface area contributed by atoms with Crippen LogP contribution in [0.25, 0.3) is 0 Å². The number of urea groups is 1. The number of amides is 3. The number of likely N-dealkylation sites (tertiary alicyclic amines) is 1. The highest BCUT2D eigenvalue weighted by molar-refractivity contribution is 6.01. The lowest BCUT2D eigenvalue weighted by atomic mass is 10.1. The van der Waals surface area contributed by atoms with E-state index in [9.17, 15) is 9.59 Å². The van der Waals surface area contributed by atoms with Crippen molar-refractivity contribution in [3.05, 3.63) is 30.3 Å². The van der Waals surface area contributed by atoms with Gasteiger partial charge in [0.25, 0.3) is 0 Å². The molecule has 0 saturated carbocycles. The molecule has 2 rings (SSSR count). The second-order valence-electron chi connectivity index (χ2n) is 4.51. The van der Waals surface area contributed by atoms with Gasteiger partial charge in [0, 0.05) is 18.7 Å². The van der Waals surface area contributed by atoms with Gasteiger partial charge in [0.2, 0.25) is 5.91 Å². The number of carbonyl (C=O) groups is 2. The third-order valence-electron chi connectivity index (χ3n) is 3.09. The number of anilines is 1. The summed E-state index contributed by atoms with van der Waals surface area (Å²) in [6.45, 7) is 0.525. The van der Waals surface area contributed by atoms with Crippen molar-refractivity contribution in [2.75, 3.05) is 11.9 Å². The summed E-state index contributed by atoms with van der Waals surface area (Å²) in [7, 11) is 0. The highest BCUT2D eigenvalue weighted by Crippen LogP contribution is 2.13. The second kappa shape index (κ2) is 6.19. The summed E-state index contributed by atoms with van der Waals surface area (Å²) in [5.41, 5.74) is 0.720. The van der Waals surface area contributed by atoms with E-state index >= 15 is 0 Å². The van der Waals surface area contributed by atoms with Crippen LogP contribution in [0, 0.1) is 0 Å². The van der Waals surface area contributed by atoms with E-state index < -0.39 is 0 Å². The van der Waals surface area contributed by atoms with Crippen LogP contribution in [0.15, 0.2) is 30.3 Å². The fourth-order valence-electron chi connectivity index (χ4n) is 2.09. The van der Waals surface area contributed by atoms with Crippen LogP contribution in [0.1, 0.15) is 32.1 Å². The Morgan fingerprint density at radius 2 is 1.78 bits per heavy atom. The van der Waals surface area contributed by atoms with Crippen molar-refractivity contribution < 1.29 is 9.59 Å². The van der Waals surface area contributed by atoms with Gasteiger partial charge >= 0.3 is 6.03 Å². The number of nitrogens with one attached hydrogen (secondary N) is 1. The van der Waals surface area contributed by atoms with Crippen LogP contribution in [0.3, 0.4) is 0 Å². The highest BCUT2D eigenvalue weighted by Gasteiger charge is 2.21. The Morgan fingerprint density at radius 1 is 1.06 bits per heavy atom. The van der Waals surface area contributed by atoms with Crippen molar-refractivity contribution in [3.8, 4) is 0 Å². The number of nitrogens with zero attached hydrogens (tertiary/aromatic N) is 1. The molecular formula is C14H18N2O2. The normalized spacial score (nSPS) is 16.9. The fraction of sp³-hybridized carbons (Fsp3) is 0.429. The Kier molecular flexibility index (Phi) is 4.34. The van der Waals surface area contributed by atoms with Gasteiger partial charge in [-0.2, -0.15) is 0 Å². The molecule has 1 aliphatic heterocycles. The minimum Gasteiger partial charge on any atom is -0.307 e. The summed E-state index contributed by atoms with van der Waals surface area (Å²) in [6.07, 6.45) is 4.42. The molecule has 0 unspecified atom stereocenters. The van der Waals surface area contributed by atoms with Gasteiger partial charge in [0.1, 0.15) is 0 Å². The zero-order valence-electron chi connectivity index (χ0n) is 10.4. The molecule has 0 radical (unpaired) electrons. The van der Waals surface area contributed by atoms with Gasteiger partial charge in [-0.3, -0.25) is 9.69 Å². The number of para-hydroxylation sites is 1. The third kappa shape index (κ3) is 3.32. The zero-order valence-corrected chi connectivity index (χ0v) is 10.4. The average Bonchev–Trinajstić information content (AvgIpc) is 2.35. The first-order chi connectivity index (χ1) is 8.77. The SMILES string of the molecule is O=C1CCCCCCN1C(=O)Nc1ccccc1. The van der Waals surface area contributed by atoms with Crippen molar-refractivity contribution in [1.82, 2.24) is 4.90 Å². The number of rotatable bonds is 1. The molecule has 1 aromatic rings. The summed E-state index contributed by atoms with van der Waals surface area (Å²) < 4.78 is 0. The van der Waals surface area contributed by atoms with Crippen LogP contribution < -0.4 is 5.32 Å². The molecule has 1 saturated heterocycles. The zero-order chi connectivity index (χ0) is 12.8. The monoisotopic (exact) mass is 246 g/mol. The number of hydrogen-bond donors (Lipinski definition) is 1. The van der Waals surface area contributed by atoms with E-state index in [-0.39, 0.29) is 11.9 Å². The molecule has 4 heteroatoms. The van der Waals surface area contributed by atoms with Gasteiger partial charge in [-0.05, 0) is 25.0 Å². The third-order valence-corrected chi connectivity index (χ3v) is 3.09. The summed E-state index contributed by atoms with van der Waals surface area (Å²) in [5.74, 6) is -0.0665. The van der Waals surface area contributed by atoms with Gasteiger partial charge in [-0.1, -0.05) is 31.0 Å². The minimum atomic E-state index is -0.312. The van der Waals surface area contributed by atoms with Crippen LogP contribution in [0.4, 0.5) is 10.5 Å². The maximum Gasteiger partial charge on any atom is 0.328 e. The van der Waals surface area contributed by atoms with E-state index in [2.05, 4.69) is 5.32 Å². The summed E-state index contributed by atoms with van der Waals surface area (Å²) in [4.78, 5) is 25.2. The van der Waals surface area contributed by atoms with E-state index in [1.165, 1.54) is 4.90 Å². The number of carbonyl (C=O) groups excluding carboxylic acids is 2. The second-order valence-corrected chi connectivity index (χ2v) is 4.51. The number of imide groups is 1. The van der Waals surface area contributed by atoms with Gasteiger partial charge in [0.05, 0.1) is 0 Å². The van der Waals surface area contributed by atoms with Crippen LogP contribution in [-0.4, -0.2) is 23.4 Å². The highest BCUT2D eigenvalue weighted by atomic mass is 16.2. The van der Waals surface area contributed by atoms with Crippen LogP contribution >= 0.6 is 0 Å². The Hall–Kier alpha value is -1.84. The van der Waals surface area contributed by atoms with Crippen LogP contribution in [-0.2, 0) is 4.79 Å². The lowest BCUT2D eigenvalue weighted by Crippen LogP contribution is -2.41. The minimum absolute atomic E-state index is 0.0665. The molecule has 0 atom stereocenters. The van der Waals surface area contributed by atoms with Gasteiger partial charge in [-0.15, -0.1) is 0 Å². The summed E-state index contributed by atoms with van der Waals surface area (Å²) in [6, 6.07) is 8.90. The van der Waals surface area contributed by atoms with E-state index in [0.29, 0.717) is 13.0 Å². The molecule has 96 valence electrons. The average molecular weight is 246 g/mol. The largest absolute Gasteiger partial charge is 0.328 e. The molecular weight excluding hydrogens is 228 g/mol. The lowest BCUT2D eigenvalue weighted by Gasteiger charge is -2.23. The quantitative estimate of drug-likeness (QED) is 0.828.